The molecule has 0 spiro atoms. The predicted octanol–water partition coefficient (Wildman–Crippen LogP) is 4.08. The molecule has 5 nitrogen and oxygen atoms in total. The van der Waals surface area contributed by atoms with Crippen molar-refractivity contribution < 1.29 is 14.3 Å². The van der Waals surface area contributed by atoms with Crippen molar-refractivity contribution in [2.75, 3.05) is 26.0 Å². The summed E-state index contributed by atoms with van der Waals surface area (Å²) in [7, 11) is 3.12. The molecule has 1 N–H and O–H groups in total. The zero-order valence-corrected chi connectivity index (χ0v) is 16.6. The van der Waals surface area contributed by atoms with E-state index in [2.05, 4.69) is 5.32 Å². The molecular weight excluding hydrogens is 364 g/mol. The number of hydrogen-bond donors (Lipinski definition) is 1. The van der Waals surface area contributed by atoms with Gasteiger partial charge in [0.2, 0.25) is 11.8 Å². The van der Waals surface area contributed by atoms with Gasteiger partial charge in [0, 0.05) is 29.4 Å². The Morgan fingerprint density at radius 2 is 1.85 bits per heavy atom. The van der Waals surface area contributed by atoms with Gasteiger partial charge in [-0.2, -0.15) is 0 Å². The van der Waals surface area contributed by atoms with E-state index in [1.165, 1.54) is 11.0 Å². The molecule has 0 bridgehead atoms. The summed E-state index contributed by atoms with van der Waals surface area (Å²) in [6.45, 7) is 3.81. The van der Waals surface area contributed by atoms with E-state index in [-0.39, 0.29) is 18.4 Å². The van der Waals surface area contributed by atoms with E-state index < -0.39 is 0 Å². The lowest BCUT2D eigenvalue weighted by Crippen LogP contribution is -2.34. The molecule has 0 aliphatic rings. The molecule has 0 unspecified atom stereocenters. The monoisotopic (exact) mass is 386 g/mol. The smallest absolute Gasteiger partial charge is 0.246 e. The highest BCUT2D eigenvalue weighted by Crippen LogP contribution is 2.24. The standard InChI is InChI=1S/C21H23ClN2O3/c1-14-6-5-7-15(2)21(14)23-19(25)13-24(3)20(26)11-8-16-12-17(22)9-10-18(16)27-4/h5-12H,13H2,1-4H3,(H,23,25)/b11-8+. The first-order chi connectivity index (χ1) is 12.8. The minimum absolute atomic E-state index is 0.0520. The SMILES string of the molecule is COc1ccc(Cl)cc1/C=C/C(=O)N(C)CC(=O)Nc1c(C)cccc1C. The van der Waals surface area contributed by atoms with Crippen molar-refractivity contribution in [3.05, 3.63) is 64.2 Å². The van der Waals surface area contributed by atoms with Crippen LogP contribution in [0.25, 0.3) is 6.08 Å². The second-order valence-corrected chi connectivity index (χ2v) is 6.67. The van der Waals surface area contributed by atoms with Crippen molar-refractivity contribution in [1.82, 2.24) is 4.90 Å². The summed E-state index contributed by atoms with van der Waals surface area (Å²) >= 11 is 5.99. The Labute approximate surface area is 164 Å². The lowest BCUT2D eigenvalue weighted by molar-refractivity contribution is -0.129. The number of hydrogen-bond acceptors (Lipinski definition) is 3. The number of carbonyl (C=O) groups is 2. The minimum Gasteiger partial charge on any atom is -0.496 e. The van der Waals surface area contributed by atoms with Crippen LogP contribution in [-0.2, 0) is 9.59 Å². The van der Waals surface area contributed by atoms with Crippen LogP contribution in [0.15, 0.2) is 42.5 Å². The number of benzene rings is 2. The number of para-hydroxylation sites is 1. The Kier molecular flexibility index (Phi) is 7.02. The number of likely N-dealkylation sites (N-methyl/N-ethyl adjacent to an activating group) is 1. The number of aryl methyl sites for hydroxylation is 2. The maximum absolute atomic E-state index is 12.3. The summed E-state index contributed by atoms with van der Waals surface area (Å²) in [5, 5.41) is 3.41. The van der Waals surface area contributed by atoms with Crippen LogP contribution in [-0.4, -0.2) is 37.4 Å². The van der Waals surface area contributed by atoms with E-state index in [0.29, 0.717) is 16.3 Å². The number of ether oxygens (including phenoxy) is 1. The van der Waals surface area contributed by atoms with Gasteiger partial charge in [-0.05, 0) is 49.2 Å². The second kappa shape index (κ2) is 9.24. The van der Waals surface area contributed by atoms with E-state index in [4.69, 9.17) is 16.3 Å². The highest BCUT2D eigenvalue weighted by molar-refractivity contribution is 6.30. The largest absolute Gasteiger partial charge is 0.496 e. The van der Waals surface area contributed by atoms with Gasteiger partial charge < -0.3 is 15.0 Å². The molecule has 142 valence electrons. The molecule has 2 rings (SSSR count). The summed E-state index contributed by atoms with van der Waals surface area (Å²) in [5.41, 5.74) is 3.42. The molecule has 0 radical (unpaired) electrons. The molecular formula is C21H23ClN2O3. The third kappa shape index (κ3) is 5.59. The van der Waals surface area contributed by atoms with Crippen molar-refractivity contribution in [3.8, 4) is 5.75 Å². The molecule has 0 saturated carbocycles. The van der Waals surface area contributed by atoms with E-state index >= 15 is 0 Å². The normalized spacial score (nSPS) is 10.7. The van der Waals surface area contributed by atoms with Gasteiger partial charge in [0.1, 0.15) is 5.75 Å². The molecule has 2 aromatic rings. The van der Waals surface area contributed by atoms with Crippen molar-refractivity contribution >= 4 is 35.2 Å². The summed E-state index contributed by atoms with van der Waals surface area (Å²) in [6, 6.07) is 10.9. The Bertz CT molecular complexity index is 857. The lowest BCUT2D eigenvalue weighted by atomic mass is 10.1. The van der Waals surface area contributed by atoms with Crippen LogP contribution in [0.4, 0.5) is 5.69 Å². The molecule has 2 aromatic carbocycles. The van der Waals surface area contributed by atoms with Crippen molar-refractivity contribution in [1.29, 1.82) is 0 Å². The molecule has 0 aliphatic heterocycles. The number of methoxy groups -OCH3 is 1. The average Bonchev–Trinajstić information content (AvgIpc) is 2.63. The van der Waals surface area contributed by atoms with E-state index in [9.17, 15) is 9.59 Å². The quantitative estimate of drug-likeness (QED) is 0.761. The number of carbonyl (C=O) groups excluding carboxylic acids is 2. The molecule has 0 saturated heterocycles. The van der Waals surface area contributed by atoms with Gasteiger partial charge in [-0.3, -0.25) is 9.59 Å². The van der Waals surface area contributed by atoms with Crippen molar-refractivity contribution in [3.63, 3.8) is 0 Å². The highest BCUT2D eigenvalue weighted by Gasteiger charge is 2.13. The predicted molar refractivity (Wildman–Crippen MR) is 109 cm³/mol. The number of halogens is 1. The Morgan fingerprint density at radius 3 is 2.48 bits per heavy atom. The van der Waals surface area contributed by atoms with Crippen LogP contribution in [0, 0.1) is 13.8 Å². The molecule has 0 aliphatic carbocycles. The minimum atomic E-state index is -0.298. The number of nitrogens with one attached hydrogen (secondary N) is 1. The number of amides is 2. The van der Waals surface area contributed by atoms with Crippen LogP contribution >= 0.6 is 11.6 Å². The van der Waals surface area contributed by atoms with Gasteiger partial charge in [0.15, 0.2) is 0 Å². The topological polar surface area (TPSA) is 58.6 Å². The van der Waals surface area contributed by atoms with E-state index in [0.717, 1.165) is 16.8 Å². The molecule has 0 atom stereocenters. The zero-order chi connectivity index (χ0) is 20.0. The first kappa shape index (κ1) is 20.5. The summed E-state index contributed by atoms with van der Waals surface area (Å²) in [6.07, 6.45) is 3.01. The fraction of sp³-hybridized carbons (Fsp3) is 0.238. The molecule has 0 heterocycles. The van der Waals surface area contributed by atoms with Gasteiger partial charge in [-0.15, -0.1) is 0 Å². The summed E-state index contributed by atoms with van der Waals surface area (Å²) in [4.78, 5) is 25.9. The van der Waals surface area contributed by atoms with E-state index in [1.807, 2.05) is 32.0 Å². The van der Waals surface area contributed by atoms with Gasteiger partial charge >= 0.3 is 0 Å². The van der Waals surface area contributed by atoms with Gasteiger partial charge in [-0.1, -0.05) is 29.8 Å². The maximum atomic E-state index is 12.3. The fourth-order valence-electron chi connectivity index (χ4n) is 2.61. The van der Waals surface area contributed by atoms with Gasteiger partial charge in [0.25, 0.3) is 0 Å². The Balaban J connectivity index is 2.01. The number of nitrogens with zero attached hydrogens (tertiary/aromatic N) is 1. The van der Waals surface area contributed by atoms with Crippen LogP contribution in [0.5, 0.6) is 5.75 Å². The van der Waals surface area contributed by atoms with Crippen LogP contribution in [0.3, 0.4) is 0 Å². The van der Waals surface area contributed by atoms with Crippen molar-refractivity contribution in [2.45, 2.75) is 13.8 Å². The lowest BCUT2D eigenvalue weighted by Gasteiger charge is -2.17. The first-order valence-corrected chi connectivity index (χ1v) is 8.82. The molecule has 0 fully saturated rings. The molecule has 2 amide bonds. The van der Waals surface area contributed by atoms with E-state index in [1.54, 1.807) is 38.4 Å². The van der Waals surface area contributed by atoms with Crippen LogP contribution in [0.1, 0.15) is 16.7 Å². The Hall–Kier alpha value is -2.79. The zero-order valence-electron chi connectivity index (χ0n) is 15.9. The van der Waals surface area contributed by atoms with Crippen LogP contribution in [0.2, 0.25) is 5.02 Å². The second-order valence-electron chi connectivity index (χ2n) is 6.23. The Morgan fingerprint density at radius 1 is 1.19 bits per heavy atom. The summed E-state index contributed by atoms with van der Waals surface area (Å²) < 4.78 is 5.25. The maximum Gasteiger partial charge on any atom is 0.246 e. The third-order valence-corrected chi connectivity index (χ3v) is 4.33. The summed E-state index contributed by atoms with van der Waals surface area (Å²) in [5.74, 6) is 0.0598. The highest BCUT2D eigenvalue weighted by atomic mass is 35.5. The first-order valence-electron chi connectivity index (χ1n) is 8.44. The number of anilines is 1. The van der Waals surface area contributed by atoms with Gasteiger partial charge in [0.05, 0.1) is 13.7 Å². The molecule has 6 heteroatoms. The average molecular weight is 387 g/mol. The number of rotatable bonds is 6. The molecule has 0 aromatic heterocycles. The van der Waals surface area contributed by atoms with Crippen molar-refractivity contribution in [2.24, 2.45) is 0 Å². The fourth-order valence-corrected chi connectivity index (χ4v) is 2.79. The van der Waals surface area contributed by atoms with Gasteiger partial charge in [-0.25, -0.2) is 0 Å². The third-order valence-electron chi connectivity index (χ3n) is 4.10. The molecule has 27 heavy (non-hydrogen) atoms. The van der Waals surface area contributed by atoms with Crippen LogP contribution < -0.4 is 10.1 Å².